The van der Waals surface area contributed by atoms with Crippen molar-refractivity contribution in [3.8, 4) is 11.3 Å². The zero-order valence-electron chi connectivity index (χ0n) is 11.6. The van der Waals surface area contributed by atoms with E-state index in [1.165, 1.54) is 12.1 Å². The normalized spacial score (nSPS) is 11.8. The van der Waals surface area contributed by atoms with Gasteiger partial charge in [0.25, 0.3) is 0 Å². The third-order valence-corrected chi connectivity index (χ3v) is 2.80. The fourth-order valence-corrected chi connectivity index (χ4v) is 1.82. The Bertz CT molecular complexity index is 523. The second-order valence-electron chi connectivity index (χ2n) is 5.68. The molecule has 1 aromatic heterocycles. The molecular weight excluding hydrogens is 241 g/mol. The number of aromatic nitrogens is 2. The number of rotatable bonds is 4. The Hall–Kier alpha value is -1.68. The summed E-state index contributed by atoms with van der Waals surface area (Å²) in [6.07, 6.45) is 2.64. The van der Waals surface area contributed by atoms with Crippen molar-refractivity contribution in [2.75, 3.05) is 6.54 Å². The van der Waals surface area contributed by atoms with Gasteiger partial charge in [0.05, 0.1) is 11.9 Å². The van der Waals surface area contributed by atoms with Gasteiger partial charge >= 0.3 is 0 Å². The molecule has 0 spiro atoms. The van der Waals surface area contributed by atoms with E-state index in [0.717, 1.165) is 30.0 Å². The van der Waals surface area contributed by atoms with E-state index < -0.39 is 0 Å². The van der Waals surface area contributed by atoms with Crippen LogP contribution in [-0.4, -0.2) is 22.1 Å². The first-order chi connectivity index (χ1) is 8.94. The molecule has 3 nitrogen and oxygen atoms in total. The summed E-state index contributed by atoms with van der Waals surface area (Å²) in [5, 5.41) is 3.42. The predicted molar refractivity (Wildman–Crippen MR) is 75.4 cm³/mol. The Kier molecular flexibility index (Phi) is 4.00. The van der Waals surface area contributed by atoms with E-state index in [1.54, 1.807) is 18.3 Å². The summed E-state index contributed by atoms with van der Waals surface area (Å²) >= 11 is 0. The highest BCUT2D eigenvalue weighted by atomic mass is 19.1. The summed E-state index contributed by atoms with van der Waals surface area (Å²) in [5.41, 5.74) is 1.99. The third-order valence-electron chi connectivity index (χ3n) is 2.80. The summed E-state index contributed by atoms with van der Waals surface area (Å²) in [4.78, 5) is 7.61. The zero-order valence-corrected chi connectivity index (χ0v) is 11.6. The van der Waals surface area contributed by atoms with Crippen LogP contribution < -0.4 is 5.32 Å². The number of benzene rings is 1. The van der Waals surface area contributed by atoms with Gasteiger partial charge in [0.2, 0.25) is 0 Å². The summed E-state index contributed by atoms with van der Waals surface area (Å²) < 4.78 is 12.9. The molecule has 2 rings (SSSR count). The minimum absolute atomic E-state index is 0.117. The molecule has 0 bridgehead atoms. The van der Waals surface area contributed by atoms with E-state index in [4.69, 9.17) is 0 Å². The maximum Gasteiger partial charge on any atom is 0.123 e. The fraction of sp³-hybridized carbons (Fsp3) is 0.400. The molecule has 2 aromatic rings. The van der Waals surface area contributed by atoms with E-state index in [9.17, 15) is 4.39 Å². The first-order valence-corrected chi connectivity index (χ1v) is 6.49. The molecule has 0 amide bonds. The van der Waals surface area contributed by atoms with Crippen molar-refractivity contribution in [3.63, 3.8) is 0 Å². The molecule has 19 heavy (non-hydrogen) atoms. The predicted octanol–water partition coefficient (Wildman–Crippen LogP) is 3.15. The van der Waals surface area contributed by atoms with Gasteiger partial charge in [0.1, 0.15) is 11.6 Å². The molecule has 0 aliphatic heterocycles. The highest BCUT2D eigenvalue weighted by Gasteiger charge is 2.09. The lowest BCUT2D eigenvalue weighted by Gasteiger charge is -2.19. The lowest BCUT2D eigenvalue weighted by molar-refractivity contribution is 0.427. The Labute approximate surface area is 113 Å². The second kappa shape index (κ2) is 5.53. The number of nitrogens with zero attached hydrogens (tertiary/aromatic N) is 1. The lowest BCUT2D eigenvalue weighted by Crippen LogP contribution is -2.37. The molecule has 0 aliphatic rings. The van der Waals surface area contributed by atoms with Crippen LogP contribution in [0, 0.1) is 5.82 Å². The van der Waals surface area contributed by atoms with Gasteiger partial charge in [0, 0.05) is 18.5 Å². The molecule has 0 saturated heterocycles. The van der Waals surface area contributed by atoms with E-state index in [-0.39, 0.29) is 11.4 Å². The molecule has 2 N–H and O–H groups in total. The molecule has 0 atom stereocenters. The van der Waals surface area contributed by atoms with E-state index in [2.05, 4.69) is 36.1 Å². The molecular formula is C15H20FN3. The van der Waals surface area contributed by atoms with Crippen LogP contribution in [0.2, 0.25) is 0 Å². The van der Waals surface area contributed by atoms with Crippen LogP contribution in [-0.2, 0) is 6.42 Å². The van der Waals surface area contributed by atoms with Gasteiger partial charge in [-0.15, -0.1) is 0 Å². The lowest BCUT2D eigenvalue weighted by atomic mass is 10.1. The zero-order chi connectivity index (χ0) is 13.9. The van der Waals surface area contributed by atoms with Gasteiger partial charge in [-0.25, -0.2) is 9.37 Å². The number of hydrogen-bond donors (Lipinski definition) is 2. The van der Waals surface area contributed by atoms with Gasteiger partial charge in [-0.2, -0.15) is 0 Å². The fourth-order valence-electron chi connectivity index (χ4n) is 1.82. The quantitative estimate of drug-likeness (QED) is 0.887. The average molecular weight is 261 g/mol. The molecule has 0 aliphatic carbocycles. The first kappa shape index (κ1) is 13.7. The Morgan fingerprint density at radius 1 is 1.21 bits per heavy atom. The van der Waals surface area contributed by atoms with Gasteiger partial charge in [-0.3, -0.25) is 0 Å². The summed E-state index contributed by atoms with van der Waals surface area (Å²) in [6, 6.07) is 6.41. The van der Waals surface area contributed by atoms with Crippen molar-refractivity contribution in [1.29, 1.82) is 0 Å². The molecule has 0 fully saturated rings. The van der Waals surface area contributed by atoms with Crippen LogP contribution >= 0.6 is 0 Å². The monoisotopic (exact) mass is 261 g/mol. The maximum atomic E-state index is 12.9. The summed E-state index contributed by atoms with van der Waals surface area (Å²) in [7, 11) is 0. The SMILES string of the molecule is CC(C)(C)NCCc1ncc(-c2ccc(F)cc2)[nH]1. The highest BCUT2D eigenvalue weighted by molar-refractivity contribution is 5.58. The Morgan fingerprint density at radius 3 is 2.53 bits per heavy atom. The van der Waals surface area contributed by atoms with Gasteiger partial charge in [-0.1, -0.05) is 0 Å². The van der Waals surface area contributed by atoms with Gasteiger partial charge in [0.15, 0.2) is 0 Å². The number of aromatic amines is 1. The van der Waals surface area contributed by atoms with E-state index in [0.29, 0.717) is 0 Å². The number of H-pyrrole nitrogens is 1. The van der Waals surface area contributed by atoms with Crippen LogP contribution in [0.3, 0.4) is 0 Å². The van der Waals surface area contributed by atoms with E-state index in [1.807, 2.05) is 0 Å². The second-order valence-corrected chi connectivity index (χ2v) is 5.68. The molecule has 0 radical (unpaired) electrons. The van der Waals surface area contributed by atoms with Crippen LogP contribution in [0.4, 0.5) is 4.39 Å². The van der Waals surface area contributed by atoms with Crippen LogP contribution in [0.5, 0.6) is 0 Å². The van der Waals surface area contributed by atoms with Crippen LogP contribution in [0.25, 0.3) is 11.3 Å². The van der Waals surface area contributed by atoms with Crippen molar-refractivity contribution in [2.45, 2.75) is 32.7 Å². The van der Waals surface area contributed by atoms with Gasteiger partial charge < -0.3 is 10.3 Å². The van der Waals surface area contributed by atoms with Crippen molar-refractivity contribution in [2.24, 2.45) is 0 Å². The van der Waals surface area contributed by atoms with Crippen molar-refractivity contribution >= 4 is 0 Å². The minimum Gasteiger partial charge on any atom is -0.342 e. The topological polar surface area (TPSA) is 40.7 Å². The number of halogens is 1. The smallest absolute Gasteiger partial charge is 0.123 e. The van der Waals surface area contributed by atoms with Crippen molar-refractivity contribution in [3.05, 3.63) is 42.1 Å². The Morgan fingerprint density at radius 2 is 1.89 bits per heavy atom. The van der Waals surface area contributed by atoms with Crippen LogP contribution in [0.15, 0.2) is 30.5 Å². The molecule has 0 saturated carbocycles. The number of hydrogen-bond acceptors (Lipinski definition) is 2. The molecule has 1 aromatic carbocycles. The maximum absolute atomic E-state index is 12.9. The first-order valence-electron chi connectivity index (χ1n) is 6.49. The van der Waals surface area contributed by atoms with Crippen molar-refractivity contribution in [1.82, 2.24) is 15.3 Å². The largest absolute Gasteiger partial charge is 0.342 e. The van der Waals surface area contributed by atoms with E-state index >= 15 is 0 Å². The molecule has 102 valence electrons. The standard InChI is InChI=1S/C15H20FN3/c1-15(2,3)18-9-8-14-17-10-13(19-14)11-4-6-12(16)7-5-11/h4-7,10,18H,8-9H2,1-3H3,(H,17,19). The Balaban J connectivity index is 1.97. The summed E-state index contributed by atoms with van der Waals surface area (Å²) in [5.74, 6) is 0.717. The van der Waals surface area contributed by atoms with Gasteiger partial charge in [-0.05, 0) is 50.6 Å². The van der Waals surface area contributed by atoms with Crippen LogP contribution in [0.1, 0.15) is 26.6 Å². The number of nitrogens with one attached hydrogen (secondary N) is 2. The molecule has 4 heteroatoms. The highest BCUT2D eigenvalue weighted by Crippen LogP contribution is 2.17. The van der Waals surface area contributed by atoms with Crippen molar-refractivity contribution < 1.29 is 4.39 Å². The molecule has 0 unspecified atom stereocenters. The summed E-state index contributed by atoms with van der Waals surface area (Å²) in [6.45, 7) is 7.29. The molecule has 1 heterocycles. The average Bonchev–Trinajstić information content (AvgIpc) is 2.77. The minimum atomic E-state index is -0.224. The number of imidazole rings is 1. The third kappa shape index (κ3) is 4.17.